The monoisotopic (exact) mass is 158 g/mol. The van der Waals surface area contributed by atoms with Crippen LogP contribution >= 0.6 is 0 Å². The molecule has 1 aliphatic heterocycles. The second-order valence-electron chi connectivity index (χ2n) is 2.27. The summed E-state index contributed by atoms with van der Waals surface area (Å²) < 4.78 is 14.5. The van der Waals surface area contributed by atoms with Gasteiger partial charge in [-0.2, -0.15) is 0 Å². The first-order valence-electron chi connectivity index (χ1n) is 3.26. The third-order valence-electron chi connectivity index (χ3n) is 1.18. The van der Waals surface area contributed by atoms with Gasteiger partial charge in [-0.05, 0) is 6.92 Å². The Balaban J connectivity index is 2.29. The van der Waals surface area contributed by atoms with Gasteiger partial charge in [-0.3, -0.25) is 0 Å². The minimum Gasteiger partial charge on any atom is -0.430 e. The van der Waals surface area contributed by atoms with Crippen molar-refractivity contribution in [3.63, 3.8) is 0 Å². The summed E-state index contributed by atoms with van der Waals surface area (Å²) in [5.74, 6) is -0.444. The maximum Gasteiger partial charge on any atom is 0.335 e. The Labute approximate surface area is 64.7 Å². The smallest absolute Gasteiger partial charge is 0.335 e. The van der Waals surface area contributed by atoms with Crippen LogP contribution < -0.4 is 0 Å². The van der Waals surface area contributed by atoms with Crippen LogP contribution in [-0.2, 0) is 19.0 Å². The largest absolute Gasteiger partial charge is 0.430 e. The van der Waals surface area contributed by atoms with Gasteiger partial charge in [-0.15, -0.1) is 0 Å². The molecule has 1 aliphatic rings. The van der Waals surface area contributed by atoms with Crippen molar-refractivity contribution in [2.75, 3.05) is 13.4 Å². The second kappa shape index (κ2) is 3.50. The maximum absolute atomic E-state index is 10.8. The van der Waals surface area contributed by atoms with Gasteiger partial charge < -0.3 is 14.2 Å². The summed E-state index contributed by atoms with van der Waals surface area (Å²) in [6.07, 6.45) is -0.556. The molecule has 4 nitrogen and oxygen atoms in total. The summed E-state index contributed by atoms with van der Waals surface area (Å²) in [7, 11) is 0. The predicted molar refractivity (Wildman–Crippen MR) is 36.6 cm³/mol. The standard InChI is InChI=1S/C7H10O4/c1-5(2)7(8)11-6-3-9-4-10-6/h6H,1,3-4H2,2H3. The first kappa shape index (κ1) is 8.23. The fraction of sp³-hybridized carbons (Fsp3) is 0.571. The number of rotatable bonds is 2. The van der Waals surface area contributed by atoms with E-state index in [0.717, 1.165) is 0 Å². The van der Waals surface area contributed by atoms with Crippen LogP contribution in [0, 0.1) is 0 Å². The summed E-state index contributed by atoms with van der Waals surface area (Å²) in [4.78, 5) is 10.8. The molecular formula is C7H10O4. The Morgan fingerprint density at radius 3 is 2.91 bits per heavy atom. The van der Waals surface area contributed by atoms with Crippen LogP contribution in [0.2, 0.25) is 0 Å². The molecule has 0 spiro atoms. The topological polar surface area (TPSA) is 44.8 Å². The maximum atomic E-state index is 10.8. The lowest BCUT2D eigenvalue weighted by atomic mass is 10.4. The average Bonchev–Trinajstić information content (AvgIpc) is 2.39. The van der Waals surface area contributed by atoms with Crippen molar-refractivity contribution in [2.45, 2.75) is 13.2 Å². The van der Waals surface area contributed by atoms with E-state index in [1.807, 2.05) is 0 Å². The van der Waals surface area contributed by atoms with Crippen LogP contribution in [-0.4, -0.2) is 25.7 Å². The summed E-state index contributed by atoms with van der Waals surface area (Å²) >= 11 is 0. The molecule has 0 N–H and O–H groups in total. The van der Waals surface area contributed by atoms with Crippen LogP contribution in [0.15, 0.2) is 12.2 Å². The fourth-order valence-corrected chi connectivity index (χ4v) is 0.604. The van der Waals surface area contributed by atoms with E-state index in [1.54, 1.807) is 6.92 Å². The molecule has 62 valence electrons. The minimum absolute atomic E-state index is 0.189. The van der Waals surface area contributed by atoms with Crippen molar-refractivity contribution in [3.05, 3.63) is 12.2 Å². The predicted octanol–water partition coefficient (Wildman–Crippen LogP) is 0.436. The summed E-state index contributed by atoms with van der Waals surface area (Å²) in [6.45, 7) is 5.50. The molecule has 0 bridgehead atoms. The number of carbonyl (C=O) groups is 1. The molecule has 0 aliphatic carbocycles. The van der Waals surface area contributed by atoms with Crippen LogP contribution in [0.25, 0.3) is 0 Å². The first-order chi connectivity index (χ1) is 5.20. The molecule has 1 rings (SSSR count). The van der Waals surface area contributed by atoms with E-state index < -0.39 is 12.3 Å². The third-order valence-corrected chi connectivity index (χ3v) is 1.18. The molecular weight excluding hydrogens is 148 g/mol. The summed E-state index contributed by atoms with van der Waals surface area (Å²) in [6, 6.07) is 0. The molecule has 1 saturated heterocycles. The van der Waals surface area contributed by atoms with E-state index in [2.05, 4.69) is 6.58 Å². The number of ether oxygens (including phenoxy) is 3. The van der Waals surface area contributed by atoms with Crippen molar-refractivity contribution in [3.8, 4) is 0 Å². The van der Waals surface area contributed by atoms with Crippen molar-refractivity contribution in [2.24, 2.45) is 0 Å². The molecule has 1 heterocycles. The van der Waals surface area contributed by atoms with E-state index in [9.17, 15) is 4.79 Å². The molecule has 0 aromatic heterocycles. The fourth-order valence-electron chi connectivity index (χ4n) is 0.604. The van der Waals surface area contributed by atoms with E-state index >= 15 is 0 Å². The average molecular weight is 158 g/mol. The van der Waals surface area contributed by atoms with Crippen LogP contribution in [0.5, 0.6) is 0 Å². The van der Waals surface area contributed by atoms with E-state index in [0.29, 0.717) is 12.2 Å². The molecule has 0 radical (unpaired) electrons. The zero-order valence-electron chi connectivity index (χ0n) is 6.33. The van der Waals surface area contributed by atoms with Gasteiger partial charge in [0.1, 0.15) is 6.61 Å². The zero-order chi connectivity index (χ0) is 8.27. The second-order valence-corrected chi connectivity index (χ2v) is 2.27. The Hall–Kier alpha value is -0.870. The number of hydrogen-bond acceptors (Lipinski definition) is 4. The van der Waals surface area contributed by atoms with Gasteiger partial charge in [0, 0.05) is 5.57 Å². The minimum atomic E-state index is -0.556. The molecule has 4 heteroatoms. The highest BCUT2D eigenvalue weighted by Crippen LogP contribution is 2.06. The van der Waals surface area contributed by atoms with Gasteiger partial charge in [0.05, 0.1) is 0 Å². The van der Waals surface area contributed by atoms with Crippen molar-refractivity contribution in [1.82, 2.24) is 0 Å². The van der Waals surface area contributed by atoms with Crippen LogP contribution in [0.1, 0.15) is 6.92 Å². The molecule has 11 heavy (non-hydrogen) atoms. The highest BCUT2D eigenvalue weighted by atomic mass is 16.8. The SMILES string of the molecule is C=C(C)C(=O)OC1COCO1. The Bertz CT molecular complexity index is 169. The quantitative estimate of drug-likeness (QED) is 0.432. The van der Waals surface area contributed by atoms with Crippen molar-refractivity contribution in [1.29, 1.82) is 0 Å². The molecule has 0 aromatic rings. The van der Waals surface area contributed by atoms with Crippen LogP contribution in [0.4, 0.5) is 0 Å². The van der Waals surface area contributed by atoms with Crippen LogP contribution in [0.3, 0.4) is 0 Å². The summed E-state index contributed by atoms with van der Waals surface area (Å²) in [5.41, 5.74) is 0.362. The highest BCUT2D eigenvalue weighted by molar-refractivity contribution is 5.87. The number of hydrogen-bond donors (Lipinski definition) is 0. The zero-order valence-corrected chi connectivity index (χ0v) is 6.33. The highest BCUT2D eigenvalue weighted by Gasteiger charge is 2.20. The van der Waals surface area contributed by atoms with Crippen molar-refractivity contribution >= 4 is 5.97 Å². The van der Waals surface area contributed by atoms with E-state index in [1.165, 1.54) is 0 Å². The lowest BCUT2D eigenvalue weighted by Crippen LogP contribution is -2.19. The van der Waals surface area contributed by atoms with Gasteiger partial charge in [0.25, 0.3) is 0 Å². The molecule has 0 aromatic carbocycles. The Morgan fingerprint density at radius 2 is 2.45 bits per heavy atom. The third kappa shape index (κ3) is 2.32. The van der Waals surface area contributed by atoms with Gasteiger partial charge >= 0.3 is 5.97 Å². The molecule has 1 unspecified atom stereocenters. The number of carbonyl (C=O) groups excluding carboxylic acids is 1. The summed E-state index contributed by atoms with van der Waals surface area (Å²) in [5, 5.41) is 0. The number of esters is 1. The van der Waals surface area contributed by atoms with Gasteiger partial charge in [-0.1, -0.05) is 6.58 Å². The van der Waals surface area contributed by atoms with E-state index in [4.69, 9.17) is 14.2 Å². The van der Waals surface area contributed by atoms with Crippen molar-refractivity contribution < 1.29 is 19.0 Å². The molecule has 1 atom stereocenters. The lowest BCUT2D eigenvalue weighted by Gasteiger charge is -2.08. The molecule has 0 saturated carbocycles. The Kier molecular flexibility index (Phi) is 2.62. The van der Waals surface area contributed by atoms with Gasteiger partial charge in [0.2, 0.25) is 6.29 Å². The molecule has 1 fully saturated rings. The lowest BCUT2D eigenvalue weighted by molar-refractivity contribution is -0.163. The first-order valence-corrected chi connectivity index (χ1v) is 3.26. The van der Waals surface area contributed by atoms with Gasteiger partial charge in [-0.25, -0.2) is 4.79 Å². The van der Waals surface area contributed by atoms with Gasteiger partial charge in [0.15, 0.2) is 6.79 Å². The van der Waals surface area contributed by atoms with E-state index in [-0.39, 0.29) is 6.79 Å². The normalized spacial score (nSPS) is 23.2. The molecule has 0 amide bonds. The Morgan fingerprint density at radius 1 is 1.73 bits per heavy atom.